The zero-order valence-electron chi connectivity index (χ0n) is 21.5. The van der Waals surface area contributed by atoms with E-state index in [9.17, 15) is 9.59 Å². The summed E-state index contributed by atoms with van der Waals surface area (Å²) in [6, 6.07) is 21.1. The van der Waals surface area contributed by atoms with Crippen molar-refractivity contribution in [1.29, 1.82) is 0 Å². The van der Waals surface area contributed by atoms with E-state index in [1.54, 1.807) is 62.1 Å². The van der Waals surface area contributed by atoms with Crippen LogP contribution >= 0.6 is 22.9 Å². The summed E-state index contributed by atoms with van der Waals surface area (Å²) in [6.07, 6.45) is 1.73. The molecule has 0 fully saturated rings. The van der Waals surface area contributed by atoms with Gasteiger partial charge in [0.25, 0.3) is 5.56 Å². The van der Waals surface area contributed by atoms with Crippen molar-refractivity contribution >= 4 is 40.7 Å². The van der Waals surface area contributed by atoms with Crippen LogP contribution in [0.5, 0.6) is 11.5 Å². The Labute approximate surface area is 233 Å². The number of benzene rings is 3. The van der Waals surface area contributed by atoms with Crippen LogP contribution in [-0.2, 0) is 9.53 Å². The van der Waals surface area contributed by atoms with Gasteiger partial charge in [0.2, 0.25) is 0 Å². The van der Waals surface area contributed by atoms with Gasteiger partial charge in [-0.2, -0.15) is 0 Å². The van der Waals surface area contributed by atoms with Gasteiger partial charge in [-0.05, 0) is 48.9 Å². The zero-order valence-corrected chi connectivity index (χ0v) is 23.1. The molecule has 9 heteroatoms. The number of carbonyl (C=O) groups excluding carboxylic acids is 1. The number of rotatable bonds is 7. The van der Waals surface area contributed by atoms with E-state index in [0.29, 0.717) is 37.1 Å². The maximum absolute atomic E-state index is 14.0. The number of hydrogen-bond donors (Lipinski definition) is 0. The fourth-order valence-corrected chi connectivity index (χ4v) is 5.67. The van der Waals surface area contributed by atoms with Crippen molar-refractivity contribution in [3.8, 4) is 11.5 Å². The van der Waals surface area contributed by atoms with Crippen LogP contribution in [0.3, 0.4) is 0 Å². The average molecular weight is 561 g/mol. The summed E-state index contributed by atoms with van der Waals surface area (Å²) >= 11 is 7.47. The molecular formula is C30H25ClN2O5S. The van der Waals surface area contributed by atoms with Crippen LogP contribution < -0.4 is 24.4 Å². The molecule has 0 unspecified atom stereocenters. The van der Waals surface area contributed by atoms with Gasteiger partial charge in [-0.15, -0.1) is 0 Å². The topological polar surface area (TPSA) is 79.1 Å². The molecule has 1 aliphatic rings. The lowest BCUT2D eigenvalue weighted by Gasteiger charge is -2.26. The van der Waals surface area contributed by atoms with Crippen LogP contribution in [0.1, 0.15) is 29.7 Å². The molecule has 1 aromatic heterocycles. The first-order chi connectivity index (χ1) is 18.9. The van der Waals surface area contributed by atoms with Crippen molar-refractivity contribution < 1.29 is 19.0 Å². The van der Waals surface area contributed by atoms with Crippen molar-refractivity contribution in [2.75, 3.05) is 20.8 Å². The number of carbonyl (C=O) groups is 1. The molecule has 198 valence electrons. The lowest BCUT2D eigenvalue weighted by Crippen LogP contribution is -2.40. The SMILES string of the molecule is CCOC(=O)C1=C(c2ccccc2)N=c2s/c(=C\c3cc(Cl)ccc3OC)c(=O)n2[C@@H]1c1ccc(OC)cc1. The Hall–Kier alpha value is -4.14. The van der Waals surface area contributed by atoms with Gasteiger partial charge in [0.15, 0.2) is 4.80 Å². The summed E-state index contributed by atoms with van der Waals surface area (Å²) in [7, 11) is 3.14. The largest absolute Gasteiger partial charge is 0.497 e. The van der Waals surface area contributed by atoms with Gasteiger partial charge in [0.05, 0.1) is 42.7 Å². The lowest BCUT2D eigenvalue weighted by molar-refractivity contribution is -0.138. The minimum absolute atomic E-state index is 0.179. The van der Waals surface area contributed by atoms with Gasteiger partial charge in [0.1, 0.15) is 11.5 Å². The summed E-state index contributed by atoms with van der Waals surface area (Å²) in [4.78, 5) is 32.8. The second kappa shape index (κ2) is 11.3. The van der Waals surface area contributed by atoms with Gasteiger partial charge < -0.3 is 14.2 Å². The fourth-order valence-electron chi connectivity index (χ4n) is 4.50. The Bertz CT molecular complexity index is 1740. The third-order valence-electron chi connectivity index (χ3n) is 6.28. The molecule has 0 aliphatic carbocycles. The van der Waals surface area contributed by atoms with Crippen LogP contribution in [0, 0.1) is 0 Å². The smallest absolute Gasteiger partial charge is 0.338 e. The van der Waals surface area contributed by atoms with E-state index in [4.69, 9.17) is 30.8 Å². The molecule has 39 heavy (non-hydrogen) atoms. The van der Waals surface area contributed by atoms with Gasteiger partial charge in [-0.25, -0.2) is 9.79 Å². The van der Waals surface area contributed by atoms with E-state index < -0.39 is 12.0 Å². The first-order valence-corrected chi connectivity index (χ1v) is 13.4. The molecular weight excluding hydrogens is 536 g/mol. The highest BCUT2D eigenvalue weighted by Gasteiger charge is 2.35. The number of thiazole rings is 1. The van der Waals surface area contributed by atoms with Crippen molar-refractivity contribution in [2.45, 2.75) is 13.0 Å². The minimum Gasteiger partial charge on any atom is -0.497 e. The van der Waals surface area contributed by atoms with E-state index in [0.717, 1.165) is 11.1 Å². The van der Waals surface area contributed by atoms with Crippen LogP contribution in [0.15, 0.2) is 88.2 Å². The Kier molecular flexibility index (Phi) is 7.67. The van der Waals surface area contributed by atoms with E-state index in [-0.39, 0.29) is 17.7 Å². The quantitative estimate of drug-likeness (QED) is 0.309. The van der Waals surface area contributed by atoms with Crippen molar-refractivity contribution in [3.05, 3.63) is 120 Å². The number of ether oxygens (including phenoxy) is 3. The number of esters is 1. The monoisotopic (exact) mass is 560 g/mol. The summed E-state index contributed by atoms with van der Waals surface area (Å²) < 4.78 is 18.3. The van der Waals surface area contributed by atoms with Crippen LogP contribution in [0.4, 0.5) is 0 Å². The predicted octanol–water partition coefficient (Wildman–Crippen LogP) is 4.61. The van der Waals surface area contributed by atoms with Crippen LogP contribution in [0.2, 0.25) is 5.02 Å². The molecule has 4 aromatic rings. The number of aromatic nitrogens is 1. The third-order valence-corrected chi connectivity index (χ3v) is 7.50. The molecule has 5 rings (SSSR count). The zero-order chi connectivity index (χ0) is 27.5. The third kappa shape index (κ3) is 5.13. The number of fused-ring (bicyclic) bond motifs is 1. The lowest BCUT2D eigenvalue weighted by atomic mass is 9.93. The highest BCUT2D eigenvalue weighted by molar-refractivity contribution is 7.07. The van der Waals surface area contributed by atoms with Gasteiger partial charge in [-0.3, -0.25) is 9.36 Å². The number of nitrogens with zero attached hydrogens (tertiary/aromatic N) is 2. The standard InChI is InChI=1S/C30H25ClN2O5S/c1-4-38-29(35)25-26(18-8-6-5-7-9-18)32-30-33(27(25)19-10-13-22(36-2)14-11-19)28(34)24(39-30)17-20-16-21(31)12-15-23(20)37-3/h5-17,27H,4H2,1-3H3/b24-17-/t27-/m1/s1. The normalized spacial score (nSPS) is 15.0. The molecule has 0 N–H and O–H groups in total. The van der Waals surface area contributed by atoms with Crippen LogP contribution in [-0.4, -0.2) is 31.4 Å². The van der Waals surface area contributed by atoms with E-state index in [2.05, 4.69) is 0 Å². The Balaban J connectivity index is 1.83. The minimum atomic E-state index is -0.773. The predicted molar refractivity (Wildman–Crippen MR) is 152 cm³/mol. The first-order valence-electron chi connectivity index (χ1n) is 12.2. The first kappa shape index (κ1) is 26.5. The molecule has 0 spiro atoms. The Morgan fingerprint density at radius 3 is 2.46 bits per heavy atom. The van der Waals surface area contributed by atoms with Gasteiger partial charge >= 0.3 is 5.97 Å². The van der Waals surface area contributed by atoms with Gasteiger partial charge in [-0.1, -0.05) is 65.4 Å². The molecule has 1 aliphatic heterocycles. The number of methoxy groups -OCH3 is 2. The van der Waals surface area contributed by atoms with Crippen molar-refractivity contribution in [3.63, 3.8) is 0 Å². The van der Waals surface area contributed by atoms with E-state index >= 15 is 0 Å². The molecule has 0 saturated heterocycles. The van der Waals surface area contributed by atoms with Crippen molar-refractivity contribution in [1.82, 2.24) is 4.57 Å². The highest BCUT2D eigenvalue weighted by atomic mass is 35.5. The van der Waals surface area contributed by atoms with Crippen molar-refractivity contribution in [2.24, 2.45) is 4.99 Å². The van der Waals surface area contributed by atoms with Crippen LogP contribution in [0.25, 0.3) is 11.8 Å². The molecule has 2 heterocycles. The number of hydrogen-bond acceptors (Lipinski definition) is 7. The van der Waals surface area contributed by atoms with E-state index in [1.165, 1.54) is 11.3 Å². The molecule has 0 saturated carbocycles. The number of halogens is 1. The molecule has 0 amide bonds. The average Bonchev–Trinajstić information content (AvgIpc) is 3.27. The highest BCUT2D eigenvalue weighted by Crippen LogP contribution is 2.35. The van der Waals surface area contributed by atoms with E-state index in [1.807, 2.05) is 42.5 Å². The maximum Gasteiger partial charge on any atom is 0.338 e. The molecule has 3 aromatic carbocycles. The second-order valence-electron chi connectivity index (χ2n) is 8.59. The summed E-state index contributed by atoms with van der Waals surface area (Å²) in [5.41, 5.74) is 2.57. The molecule has 7 nitrogen and oxygen atoms in total. The molecule has 0 radical (unpaired) electrons. The molecule has 0 bridgehead atoms. The van der Waals surface area contributed by atoms with Gasteiger partial charge in [0, 0.05) is 16.1 Å². The summed E-state index contributed by atoms with van der Waals surface area (Å²) in [5.74, 6) is 0.699. The maximum atomic E-state index is 14.0. The summed E-state index contributed by atoms with van der Waals surface area (Å²) in [6.45, 7) is 1.93. The molecule has 1 atom stereocenters. The Morgan fingerprint density at radius 2 is 1.79 bits per heavy atom. The Morgan fingerprint density at radius 1 is 1.05 bits per heavy atom. The summed E-state index contributed by atoms with van der Waals surface area (Å²) in [5, 5.41) is 0.516. The second-order valence-corrected chi connectivity index (χ2v) is 10.0. The fraction of sp³-hybridized carbons (Fsp3) is 0.167.